The Labute approximate surface area is 193 Å². The Morgan fingerprint density at radius 3 is 1.65 bits per heavy atom. The number of rotatable bonds is 3. The van der Waals surface area contributed by atoms with E-state index < -0.39 is 29.1 Å². The number of aliphatic hydroxyl groups is 1. The molecule has 2 aromatic rings. The third-order valence-corrected chi connectivity index (χ3v) is 2.55. The first-order chi connectivity index (χ1) is 13.3. The topological polar surface area (TPSA) is 164 Å². The standard InChI is InChI=1S/C7H5F3N2O3.C7H6F3NO.CH4O.Na.H2O/c8-7(9,10)15-4-1-2-5(11)6(3-4)12(13)14;8-7(9,10)12-6-3-1-5(11)2-4-6;1-2;;/h1-3H,11H2;1-4H,11H2;2H,1H3;;1H2/q;;;+1;/p-1. The van der Waals surface area contributed by atoms with Crippen molar-refractivity contribution >= 4 is 17.1 Å². The van der Waals surface area contributed by atoms with Crippen LogP contribution in [0.1, 0.15) is 0 Å². The smallest absolute Gasteiger partial charge is 0.870 e. The molecule has 0 atom stereocenters. The van der Waals surface area contributed by atoms with E-state index in [2.05, 4.69) is 9.47 Å². The molecule has 6 N–H and O–H groups in total. The molecule has 9 nitrogen and oxygen atoms in total. The van der Waals surface area contributed by atoms with E-state index in [4.69, 9.17) is 16.6 Å². The van der Waals surface area contributed by atoms with Gasteiger partial charge in [0.25, 0.3) is 5.69 Å². The number of anilines is 2. The molecule has 31 heavy (non-hydrogen) atoms. The number of halogens is 6. The molecular formula is C15H16F6N3NaO6. The molecule has 0 bridgehead atoms. The van der Waals surface area contributed by atoms with Crippen LogP contribution in [-0.4, -0.2) is 35.3 Å². The van der Waals surface area contributed by atoms with Crippen LogP contribution in [0, 0.1) is 10.1 Å². The summed E-state index contributed by atoms with van der Waals surface area (Å²) in [5.41, 5.74) is 9.97. The average molecular weight is 471 g/mol. The van der Waals surface area contributed by atoms with Crippen molar-refractivity contribution < 1.29 is 80.9 Å². The van der Waals surface area contributed by atoms with Crippen LogP contribution in [0.2, 0.25) is 0 Å². The molecule has 0 saturated carbocycles. The van der Waals surface area contributed by atoms with Crippen molar-refractivity contribution in [3.05, 3.63) is 52.6 Å². The van der Waals surface area contributed by atoms with Crippen molar-refractivity contribution in [3.8, 4) is 11.5 Å². The van der Waals surface area contributed by atoms with Crippen molar-refractivity contribution in [1.29, 1.82) is 0 Å². The van der Waals surface area contributed by atoms with Crippen LogP contribution < -0.4 is 50.5 Å². The fourth-order valence-electron chi connectivity index (χ4n) is 1.55. The van der Waals surface area contributed by atoms with Gasteiger partial charge in [0.15, 0.2) is 0 Å². The zero-order chi connectivity index (χ0) is 22.8. The van der Waals surface area contributed by atoms with E-state index in [1.165, 1.54) is 12.1 Å². The second kappa shape index (κ2) is 14.5. The van der Waals surface area contributed by atoms with Crippen LogP contribution in [0.15, 0.2) is 42.5 Å². The molecule has 0 amide bonds. The number of hydrogen-bond acceptors (Lipinski definition) is 8. The van der Waals surface area contributed by atoms with Crippen molar-refractivity contribution in [2.75, 3.05) is 18.6 Å². The number of alkyl halides is 6. The molecule has 0 fully saturated rings. The van der Waals surface area contributed by atoms with Gasteiger partial charge in [-0.05, 0) is 36.4 Å². The van der Waals surface area contributed by atoms with Crippen molar-refractivity contribution in [3.63, 3.8) is 0 Å². The second-order valence-electron chi connectivity index (χ2n) is 4.64. The van der Waals surface area contributed by atoms with Crippen LogP contribution in [0.5, 0.6) is 11.5 Å². The quantitative estimate of drug-likeness (QED) is 0.193. The Morgan fingerprint density at radius 2 is 1.26 bits per heavy atom. The molecule has 0 spiro atoms. The van der Waals surface area contributed by atoms with Gasteiger partial charge in [0.1, 0.15) is 17.2 Å². The largest absolute Gasteiger partial charge is 1.00 e. The van der Waals surface area contributed by atoms with E-state index in [1.54, 1.807) is 0 Å². The van der Waals surface area contributed by atoms with Gasteiger partial charge in [-0.25, -0.2) is 0 Å². The number of nitro groups is 1. The molecule has 0 aliphatic rings. The summed E-state index contributed by atoms with van der Waals surface area (Å²) < 4.78 is 77.1. The Bertz CT molecular complexity index is 790. The van der Waals surface area contributed by atoms with Gasteiger partial charge in [-0.2, -0.15) is 0 Å². The second-order valence-corrected chi connectivity index (χ2v) is 4.64. The summed E-state index contributed by atoms with van der Waals surface area (Å²) in [5.74, 6) is -0.944. The maximum atomic E-state index is 11.8. The van der Waals surface area contributed by atoms with Gasteiger partial charge >= 0.3 is 42.3 Å². The van der Waals surface area contributed by atoms with E-state index in [-0.39, 0.29) is 46.5 Å². The van der Waals surface area contributed by atoms with Gasteiger partial charge in [-0.3, -0.25) is 10.1 Å². The minimum absolute atomic E-state index is 0. The Morgan fingerprint density at radius 1 is 0.871 bits per heavy atom. The third-order valence-electron chi connectivity index (χ3n) is 2.55. The molecule has 0 aromatic heterocycles. The van der Waals surface area contributed by atoms with Gasteiger partial charge in [-0.1, -0.05) is 0 Å². The molecule has 2 rings (SSSR count). The average Bonchev–Trinajstić information content (AvgIpc) is 2.58. The van der Waals surface area contributed by atoms with Crippen LogP contribution in [-0.2, 0) is 0 Å². The number of nitrogens with two attached hydrogens (primary N) is 2. The van der Waals surface area contributed by atoms with Gasteiger partial charge in [0.2, 0.25) is 0 Å². The summed E-state index contributed by atoms with van der Waals surface area (Å²) >= 11 is 0. The molecule has 0 radical (unpaired) electrons. The summed E-state index contributed by atoms with van der Waals surface area (Å²) in [4.78, 5) is 9.44. The molecule has 0 saturated heterocycles. The Hall–Kier alpha value is -2.46. The zero-order valence-corrected chi connectivity index (χ0v) is 17.9. The molecule has 0 aliphatic carbocycles. The minimum atomic E-state index is -4.88. The van der Waals surface area contributed by atoms with Crippen molar-refractivity contribution in [2.45, 2.75) is 12.7 Å². The maximum absolute atomic E-state index is 11.8. The van der Waals surface area contributed by atoms with Gasteiger partial charge < -0.3 is 31.5 Å². The number of nitrogens with zero attached hydrogens (tertiary/aromatic N) is 1. The van der Waals surface area contributed by atoms with E-state index in [0.29, 0.717) is 11.8 Å². The first-order valence-electron chi connectivity index (χ1n) is 7.12. The first-order valence-corrected chi connectivity index (χ1v) is 7.12. The molecular weight excluding hydrogens is 455 g/mol. The summed E-state index contributed by atoms with van der Waals surface area (Å²) in [6, 6.07) is 7.46. The number of ether oxygens (including phenoxy) is 2. The molecule has 0 heterocycles. The third kappa shape index (κ3) is 15.1. The number of nitro benzene ring substituents is 1. The monoisotopic (exact) mass is 471 g/mol. The predicted molar refractivity (Wildman–Crippen MR) is 91.8 cm³/mol. The first kappa shape index (κ1) is 33.2. The molecule has 0 unspecified atom stereocenters. The van der Waals surface area contributed by atoms with Crippen molar-refractivity contribution in [1.82, 2.24) is 0 Å². The van der Waals surface area contributed by atoms with E-state index in [1.807, 2.05) is 0 Å². The Balaban J connectivity index is -0.000000449. The normalized spacial score (nSPS) is 9.94. The van der Waals surface area contributed by atoms with E-state index in [0.717, 1.165) is 31.4 Å². The van der Waals surface area contributed by atoms with Crippen LogP contribution in [0.3, 0.4) is 0 Å². The molecule has 170 valence electrons. The summed E-state index contributed by atoms with van der Waals surface area (Å²) in [6.07, 6.45) is -9.53. The molecule has 0 aliphatic heterocycles. The van der Waals surface area contributed by atoms with Crippen molar-refractivity contribution in [2.24, 2.45) is 0 Å². The molecule has 2 aromatic carbocycles. The number of nitrogen functional groups attached to an aromatic ring is 2. The summed E-state index contributed by atoms with van der Waals surface area (Å²) in [5, 5.41) is 17.3. The van der Waals surface area contributed by atoms with Crippen LogP contribution >= 0.6 is 0 Å². The summed E-state index contributed by atoms with van der Waals surface area (Å²) in [7, 11) is 1.00. The van der Waals surface area contributed by atoms with Crippen LogP contribution in [0.4, 0.5) is 43.4 Å². The SMILES string of the molecule is CO.Nc1ccc(OC(F)(F)F)cc1.Nc1ccc(OC(F)(F)F)cc1[N+](=O)[O-].[Na+].[OH-]. The van der Waals surface area contributed by atoms with Crippen LogP contribution in [0.25, 0.3) is 0 Å². The van der Waals surface area contributed by atoms with Gasteiger partial charge in [-0.15, -0.1) is 26.3 Å². The van der Waals surface area contributed by atoms with E-state index in [9.17, 15) is 36.5 Å². The predicted octanol–water partition coefficient (Wildman–Crippen LogP) is 0.679. The number of aliphatic hydroxyl groups excluding tert-OH is 1. The maximum Gasteiger partial charge on any atom is 1.00 e. The fourth-order valence-corrected chi connectivity index (χ4v) is 1.55. The fraction of sp³-hybridized carbons (Fsp3) is 0.200. The van der Waals surface area contributed by atoms with Gasteiger partial charge in [0, 0.05) is 12.8 Å². The van der Waals surface area contributed by atoms with Gasteiger partial charge in [0.05, 0.1) is 11.0 Å². The number of hydrogen-bond donors (Lipinski definition) is 3. The minimum Gasteiger partial charge on any atom is -0.870 e. The zero-order valence-electron chi connectivity index (χ0n) is 15.9. The summed E-state index contributed by atoms with van der Waals surface area (Å²) in [6.45, 7) is 0. The van der Waals surface area contributed by atoms with E-state index >= 15 is 0 Å². The number of benzene rings is 2. The molecule has 16 heteroatoms. The Kier molecular flexibility index (Phi) is 15.6.